The zero-order valence-corrected chi connectivity index (χ0v) is 26.6. The summed E-state index contributed by atoms with van der Waals surface area (Å²) in [4.78, 5) is 34.1. The van der Waals surface area contributed by atoms with Crippen LogP contribution in [0.15, 0.2) is 71.6 Å². The van der Waals surface area contributed by atoms with Crippen molar-refractivity contribution in [2.24, 2.45) is 0 Å². The largest absolute Gasteiger partial charge is 0.460 e. The van der Waals surface area contributed by atoms with E-state index in [0.29, 0.717) is 18.7 Å². The van der Waals surface area contributed by atoms with E-state index in [1.807, 2.05) is 71.1 Å². The van der Waals surface area contributed by atoms with Crippen molar-refractivity contribution in [2.45, 2.75) is 59.6 Å². The Morgan fingerprint density at radius 1 is 1.02 bits per heavy atom. The highest BCUT2D eigenvalue weighted by Crippen LogP contribution is 2.36. The van der Waals surface area contributed by atoms with Gasteiger partial charge in [-0.2, -0.15) is 0 Å². The lowest BCUT2D eigenvalue weighted by Gasteiger charge is -2.19. The molecule has 0 bridgehead atoms. The molecule has 0 saturated carbocycles. The number of esters is 1. The van der Waals surface area contributed by atoms with Crippen LogP contribution in [0.25, 0.3) is 33.3 Å². The average Bonchev–Trinajstić information content (AvgIpc) is 3.56. The van der Waals surface area contributed by atoms with E-state index in [4.69, 9.17) is 19.0 Å². The molecular weight excluding hydrogens is 570 g/mol. The summed E-state index contributed by atoms with van der Waals surface area (Å²) in [5.74, 6) is 0.230. The number of pyridine rings is 2. The smallest absolute Gasteiger partial charge is 0.308 e. The van der Waals surface area contributed by atoms with Crippen LogP contribution in [0.2, 0.25) is 0 Å². The molecular formula is C35H39N5O5. The molecule has 10 heteroatoms. The van der Waals surface area contributed by atoms with Gasteiger partial charge < -0.3 is 23.9 Å². The molecule has 5 aromatic rings. The monoisotopic (exact) mass is 609 g/mol. The SMILES string of the molecule is Cc1noc(C)c1-c1cnc2c(-c3ccc(C(=O)NCCOCCC(=O)OC(C)(C)C)cc3)cn([C@@H](C)c3ccccn3)c2c1. The standard InChI is InChI=1S/C35H39N5O5/c1-22-32(24(3)45-39-22)27-19-30-33(38-20-27)28(21-40(30)23(2)29-9-7-8-15-36-29)25-10-12-26(13-11-25)34(42)37-16-18-43-17-14-31(41)44-35(4,5)6/h7-13,15,19-21,23H,14,16-18H2,1-6H3,(H,37,42)/t23-/m0/s1. The van der Waals surface area contributed by atoms with Gasteiger partial charge in [0.15, 0.2) is 0 Å². The Bertz CT molecular complexity index is 1770. The van der Waals surface area contributed by atoms with Crippen molar-refractivity contribution in [2.75, 3.05) is 19.8 Å². The maximum Gasteiger partial charge on any atom is 0.308 e. The van der Waals surface area contributed by atoms with Crippen LogP contribution in [0, 0.1) is 13.8 Å². The number of carbonyl (C=O) groups excluding carboxylic acids is 2. The van der Waals surface area contributed by atoms with Gasteiger partial charge in [0.1, 0.15) is 11.4 Å². The van der Waals surface area contributed by atoms with E-state index in [2.05, 4.69) is 39.2 Å². The van der Waals surface area contributed by atoms with Crippen LogP contribution >= 0.6 is 0 Å². The number of nitrogens with one attached hydrogen (secondary N) is 1. The molecule has 0 saturated heterocycles. The minimum Gasteiger partial charge on any atom is -0.460 e. The van der Waals surface area contributed by atoms with Crippen molar-refractivity contribution in [1.29, 1.82) is 0 Å². The van der Waals surface area contributed by atoms with E-state index >= 15 is 0 Å². The Labute approximate surface area is 262 Å². The molecule has 4 aromatic heterocycles. The van der Waals surface area contributed by atoms with E-state index in [9.17, 15) is 9.59 Å². The number of rotatable bonds is 11. The molecule has 0 aliphatic heterocycles. The van der Waals surface area contributed by atoms with Gasteiger partial charge in [0.25, 0.3) is 5.91 Å². The number of amides is 1. The van der Waals surface area contributed by atoms with Crippen LogP contribution in [-0.4, -0.2) is 56.9 Å². The van der Waals surface area contributed by atoms with E-state index < -0.39 is 5.60 Å². The van der Waals surface area contributed by atoms with E-state index in [1.165, 1.54) is 0 Å². The van der Waals surface area contributed by atoms with Crippen LogP contribution in [0.4, 0.5) is 0 Å². The van der Waals surface area contributed by atoms with Gasteiger partial charge in [0.2, 0.25) is 0 Å². The summed E-state index contributed by atoms with van der Waals surface area (Å²) < 4.78 is 18.4. The number of ether oxygens (including phenoxy) is 2. The fourth-order valence-electron chi connectivity index (χ4n) is 5.25. The molecule has 45 heavy (non-hydrogen) atoms. The first kappa shape index (κ1) is 31.6. The van der Waals surface area contributed by atoms with Crippen LogP contribution in [0.3, 0.4) is 0 Å². The van der Waals surface area contributed by atoms with Gasteiger partial charge in [-0.05, 0) is 77.4 Å². The topological polar surface area (TPSA) is 121 Å². The minimum atomic E-state index is -0.521. The molecule has 0 radical (unpaired) electrons. The summed E-state index contributed by atoms with van der Waals surface area (Å²) in [6.45, 7) is 12.3. The number of aryl methyl sites for hydroxylation is 2. The van der Waals surface area contributed by atoms with E-state index in [1.54, 1.807) is 18.3 Å². The number of hydrogen-bond acceptors (Lipinski definition) is 8. The van der Waals surface area contributed by atoms with Crippen molar-refractivity contribution in [3.05, 3.63) is 89.8 Å². The molecule has 0 aliphatic carbocycles. The molecule has 234 valence electrons. The first-order chi connectivity index (χ1) is 21.5. The van der Waals surface area contributed by atoms with Crippen molar-refractivity contribution >= 4 is 22.9 Å². The average molecular weight is 610 g/mol. The highest BCUT2D eigenvalue weighted by atomic mass is 16.6. The third-order valence-electron chi connectivity index (χ3n) is 7.38. The summed E-state index contributed by atoms with van der Waals surface area (Å²) in [5, 5.41) is 6.99. The molecule has 1 atom stereocenters. The lowest BCUT2D eigenvalue weighted by Crippen LogP contribution is -2.28. The number of fused-ring (bicyclic) bond motifs is 1. The summed E-state index contributed by atoms with van der Waals surface area (Å²) >= 11 is 0. The van der Waals surface area contributed by atoms with Crippen molar-refractivity contribution in [3.8, 4) is 22.3 Å². The van der Waals surface area contributed by atoms with Crippen molar-refractivity contribution in [1.82, 2.24) is 25.0 Å². The minimum absolute atomic E-state index is 0.0550. The predicted molar refractivity (Wildman–Crippen MR) is 172 cm³/mol. The quantitative estimate of drug-likeness (QED) is 0.134. The second-order valence-corrected chi connectivity index (χ2v) is 12.0. The third-order valence-corrected chi connectivity index (χ3v) is 7.38. The first-order valence-electron chi connectivity index (χ1n) is 15.0. The second-order valence-electron chi connectivity index (χ2n) is 12.0. The van der Waals surface area contributed by atoms with E-state index in [0.717, 1.165) is 50.4 Å². The molecule has 1 aromatic carbocycles. The molecule has 0 aliphatic rings. The highest BCUT2D eigenvalue weighted by Gasteiger charge is 2.21. The van der Waals surface area contributed by atoms with Crippen LogP contribution in [-0.2, 0) is 14.3 Å². The van der Waals surface area contributed by atoms with Crippen LogP contribution < -0.4 is 5.32 Å². The lowest BCUT2D eigenvalue weighted by molar-refractivity contribution is -0.156. The van der Waals surface area contributed by atoms with Crippen LogP contribution in [0.1, 0.15) is 67.7 Å². The number of hydrogen-bond donors (Lipinski definition) is 1. The fourth-order valence-corrected chi connectivity index (χ4v) is 5.25. The van der Waals surface area contributed by atoms with Gasteiger partial charge in [0, 0.05) is 47.4 Å². The Kier molecular flexibility index (Phi) is 9.43. The normalized spacial score (nSPS) is 12.3. The number of carbonyl (C=O) groups is 2. The summed E-state index contributed by atoms with van der Waals surface area (Å²) in [6, 6.07) is 15.4. The molecule has 0 spiro atoms. The molecule has 4 heterocycles. The van der Waals surface area contributed by atoms with Gasteiger partial charge in [-0.15, -0.1) is 0 Å². The molecule has 1 amide bonds. The van der Waals surface area contributed by atoms with Crippen LogP contribution in [0.5, 0.6) is 0 Å². The van der Waals surface area contributed by atoms with Gasteiger partial charge >= 0.3 is 5.97 Å². The Morgan fingerprint density at radius 2 is 1.80 bits per heavy atom. The molecule has 0 unspecified atom stereocenters. The zero-order chi connectivity index (χ0) is 32.1. The highest BCUT2D eigenvalue weighted by molar-refractivity contribution is 5.97. The van der Waals surface area contributed by atoms with E-state index in [-0.39, 0.29) is 30.9 Å². The van der Waals surface area contributed by atoms with Gasteiger partial charge in [0.05, 0.1) is 48.1 Å². The summed E-state index contributed by atoms with van der Waals surface area (Å²) in [5.41, 5.74) is 7.31. The molecule has 0 fully saturated rings. The fraction of sp³-hybridized carbons (Fsp3) is 0.343. The Hall–Kier alpha value is -4.83. The third kappa shape index (κ3) is 7.46. The van der Waals surface area contributed by atoms with Gasteiger partial charge in [-0.25, -0.2) is 0 Å². The molecule has 5 rings (SSSR count). The van der Waals surface area contributed by atoms with Crippen molar-refractivity contribution < 1.29 is 23.6 Å². The van der Waals surface area contributed by atoms with Gasteiger partial charge in [-0.3, -0.25) is 19.6 Å². The van der Waals surface area contributed by atoms with Gasteiger partial charge in [-0.1, -0.05) is 23.4 Å². The predicted octanol–water partition coefficient (Wildman–Crippen LogP) is 6.46. The number of benzene rings is 1. The van der Waals surface area contributed by atoms with Crippen molar-refractivity contribution in [3.63, 3.8) is 0 Å². The second kappa shape index (κ2) is 13.4. The molecule has 10 nitrogen and oxygen atoms in total. The summed E-state index contributed by atoms with van der Waals surface area (Å²) in [6.07, 6.45) is 5.91. The first-order valence-corrected chi connectivity index (χ1v) is 15.0. The number of nitrogens with zero attached hydrogens (tertiary/aromatic N) is 4. The lowest BCUT2D eigenvalue weighted by atomic mass is 10.0. The maximum absolute atomic E-state index is 12.8. The summed E-state index contributed by atoms with van der Waals surface area (Å²) in [7, 11) is 0. The Morgan fingerprint density at radius 3 is 2.47 bits per heavy atom. The molecule has 1 N–H and O–H groups in total. The Balaban J connectivity index is 1.32. The maximum atomic E-state index is 12.8. The number of aromatic nitrogens is 4. The zero-order valence-electron chi connectivity index (χ0n) is 26.6.